The van der Waals surface area contributed by atoms with Crippen molar-refractivity contribution in [3.05, 3.63) is 60.2 Å². The van der Waals surface area contributed by atoms with Gasteiger partial charge in [0.15, 0.2) is 0 Å². The van der Waals surface area contributed by atoms with Gasteiger partial charge in [0.25, 0.3) is 5.91 Å². The van der Waals surface area contributed by atoms with E-state index in [-0.39, 0.29) is 11.9 Å². The van der Waals surface area contributed by atoms with Crippen LogP contribution in [0.4, 0.5) is 16.2 Å². The molecule has 0 unspecified atom stereocenters. The molecule has 0 aliphatic heterocycles. The fraction of sp³-hybridized carbons (Fsp3) is 0.263. The van der Waals surface area contributed by atoms with Gasteiger partial charge in [-0.3, -0.25) is 4.79 Å². The lowest BCUT2D eigenvalue weighted by atomic mass is 10.1. The second-order valence-electron chi connectivity index (χ2n) is 6.10. The van der Waals surface area contributed by atoms with Crippen molar-refractivity contribution in [3.8, 4) is 0 Å². The lowest BCUT2D eigenvalue weighted by Crippen LogP contribution is -2.30. The Labute approximate surface area is 142 Å². The van der Waals surface area contributed by atoms with Crippen LogP contribution in [0.2, 0.25) is 0 Å². The molecule has 0 bridgehead atoms. The van der Waals surface area contributed by atoms with Crippen LogP contribution in [-0.4, -0.2) is 30.4 Å². The van der Waals surface area contributed by atoms with Crippen LogP contribution < -0.4 is 10.6 Å². The normalized spacial score (nSPS) is 10.3. The first-order chi connectivity index (χ1) is 11.5. The molecule has 24 heavy (non-hydrogen) atoms. The summed E-state index contributed by atoms with van der Waals surface area (Å²) in [6.07, 6.45) is 0. The molecule has 0 atom stereocenters. The van der Waals surface area contributed by atoms with Gasteiger partial charge in [-0.25, -0.2) is 4.79 Å². The van der Waals surface area contributed by atoms with E-state index in [1.54, 1.807) is 36.2 Å². The van der Waals surface area contributed by atoms with Crippen molar-refractivity contribution in [2.45, 2.75) is 13.8 Å². The summed E-state index contributed by atoms with van der Waals surface area (Å²) in [5.74, 6) is 0.394. The molecule has 0 aromatic heterocycles. The zero-order chi connectivity index (χ0) is 17.5. The first-order valence-corrected chi connectivity index (χ1v) is 7.94. The molecule has 126 valence electrons. The van der Waals surface area contributed by atoms with Crippen molar-refractivity contribution in [2.24, 2.45) is 5.92 Å². The van der Waals surface area contributed by atoms with Crippen LogP contribution in [0.3, 0.4) is 0 Å². The molecule has 5 heteroatoms. The van der Waals surface area contributed by atoms with Crippen molar-refractivity contribution in [1.82, 2.24) is 4.90 Å². The number of nitrogens with one attached hydrogen (secondary N) is 2. The molecule has 0 heterocycles. The number of nitrogens with zero attached hydrogens (tertiary/aromatic N) is 1. The molecule has 2 aromatic rings. The molecule has 2 N–H and O–H groups in total. The molecule has 5 nitrogen and oxygen atoms in total. The van der Waals surface area contributed by atoms with Gasteiger partial charge in [-0.05, 0) is 42.3 Å². The van der Waals surface area contributed by atoms with E-state index in [0.29, 0.717) is 23.7 Å². The van der Waals surface area contributed by atoms with Gasteiger partial charge >= 0.3 is 6.03 Å². The Morgan fingerprint density at radius 1 is 0.917 bits per heavy atom. The van der Waals surface area contributed by atoms with Crippen LogP contribution in [-0.2, 0) is 0 Å². The second kappa shape index (κ2) is 8.15. The number of carbonyl (C=O) groups excluding carboxylic acids is 2. The maximum absolute atomic E-state index is 12.3. The molecule has 0 aliphatic carbocycles. The largest absolute Gasteiger partial charge is 0.341 e. The Morgan fingerprint density at radius 3 is 2.00 bits per heavy atom. The monoisotopic (exact) mass is 325 g/mol. The molecule has 0 spiro atoms. The second-order valence-corrected chi connectivity index (χ2v) is 6.10. The van der Waals surface area contributed by atoms with Crippen LogP contribution in [0.1, 0.15) is 24.2 Å². The van der Waals surface area contributed by atoms with Gasteiger partial charge in [-0.2, -0.15) is 0 Å². The molecule has 0 saturated carbocycles. The molecular formula is C19H23N3O2. The van der Waals surface area contributed by atoms with Crippen LogP contribution in [0.25, 0.3) is 0 Å². The third-order valence-corrected chi connectivity index (χ3v) is 3.41. The number of para-hydroxylation sites is 1. The smallest absolute Gasteiger partial charge is 0.323 e. The minimum absolute atomic E-state index is 0.0241. The third-order valence-electron chi connectivity index (χ3n) is 3.41. The van der Waals surface area contributed by atoms with Gasteiger partial charge in [0.1, 0.15) is 0 Å². The topological polar surface area (TPSA) is 61.4 Å². The highest BCUT2D eigenvalue weighted by atomic mass is 16.2. The minimum atomic E-state index is -0.322. The Kier molecular flexibility index (Phi) is 5.95. The van der Waals surface area contributed by atoms with Crippen molar-refractivity contribution < 1.29 is 9.59 Å². The van der Waals surface area contributed by atoms with Gasteiger partial charge in [-0.15, -0.1) is 0 Å². The predicted molar refractivity (Wildman–Crippen MR) is 97.3 cm³/mol. The zero-order valence-electron chi connectivity index (χ0n) is 14.2. The number of urea groups is 1. The van der Waals surface area contributed by atoms with Gasteiger partial charge in [0, 0.05) is 30.5 Å². The summed E-state index contributed by atoms with van der Waals surface area (Å²) in [5, 5.41) is 5.49. The summed E-state index contributed by atoms with van der Waals surface area (Å²) in [6, 6.07) is 15.8. The number of amides is 3. The maximum atomic E-state index is 12.3. The van der Waals surface area contributed by atoms with E-state index in [4.69, 9.17) is 0 Å². The number of anilines is 2. The predicted octanol–water partition coefficient (Wildman–Crippen LogP) is 4.06. The SMILES string of the molecule is CC(C)CN(C)C(=O)c1ccc(NC(=O)Nc2ccccc2)cc1. The molecule has 0 aliphatic rings. The van der Waals surface area contributed by atoms with Gasteiger partial charge < -0.3 is 15.5 Å². The van der Waals surface area contributed by atoms with Crippen LogP contribution in [0, 0.1) is 5.92 Å². The maximum Gasteiger partial charge on any atom is 0.323 e. The Hall–Kier alpha value is -2.82. The molecule has 2 aromatic carbocycles. The van der Waals surface area contributed by atoms with Crippen molar-refractivity contribution in [1.29, 1.82) is 0 Å². The number of hydrogen-bond acceptors (Lipinski definition) is 2. The fourth-order valence-corrected chi connectivity index (χ4v) is 2.36. The van der Waals surface area contributed by atoms with Gasteiger partial charge in [0.05, 0.1) is 0 Å². The fourth-order valence-electron chi connectivity index (χ4n) is 2.36. The summed E-state index contributed by atoms with van der Waals surface area (Å²) in [6.45, 7) is 4.85. The number of hydrogen-bond donors (Lipinski definition) is 2. The highest BCUT2D eigenvalue weighted by Crippen LogP contribution is 2.13. The minimum Gasteiger partial charge on any atom is -0.341 e. The van der Waals surface area contributed by atoms with Crippen LogP contribution >= 0.6 is 0 Å². The highest BCUT2D eigenvalue weighted by Gasteiger charge is 2.12. The van der Waals surface area contributed by atoms with E-state index < -0.39 is 0 Å². The Morgan fingerprint density at radius 2 is 1.46 bits per heavy atom. The molecule has 0 radical (unpaired) electrons. The lowest BCUT2D eigenvalue weighted by Gasteiger charge is -2.19. The van der Waals surface area contributed by atoms with Crippen molar-refractivity contribution >= 4 is 23.3 Å². The highest BCUT2D eigenvalue weighted by molar-refractivity contribution is 6.00. The standard InChI is InChI=1S/C19H23N3O2/c1-14(2)13-22(3)18(23)15-9-11-17(12-10-15)21-19(24)20-16-7-5-4-6-8-16/h4-12,14H,13H2,1-3H3,(H2,20,21,24). The van der Waals surface area contributed by atoms with Crippen LogP contribution in [0.5, 0.6) is 0 Å². The van der Waals surface area contributed by atoms with E-state index in [2.05, 4.69) is 24.5 Å². The summed E-state index contributed by atoms with van der Waals surface area (Å²) in [5.41, 5.74) is 1.95. The summed E-state index contributed by atoms with van der Waals surface area (Å²) >= 11 is 0. The van der Waals surface area contributed by atoms with Gasteiger partial charge in [-0.1, -0.05) is 32.0 Å². The van der Waals surface area contributed by atoms with Crippen molar-refractivity contribution in [2.75, 3.05) is 24.2 Å². The van der Waals surface area contributed by atoms with Gasteiger partial charge in [0.2, 0.25) is 0 Å². The lowest BCUT2D eigenvalue weighted by molar-refractivity contribution is 0.0779. The average Bonchev–Trinajstić information content (AvgIpc) is 2.55. The Bertz CT molecular complexity index is 682. The number of carbonyl (C=O) groups is 2. The average molecular weight is 325 g/mol. The zero-order valence-corrected chi connectivity index (χ0v) is 14.2. The van der Waals surface area contributed by atoms with E-state index in [1.165, 1.54) is 0 Å². The van der Waals surface area contributed by atoms with E-state index in [0.717, 1.165) is 5.69 Å². The summed E-state index contributed by atoms with van der Waals surface area (Å²) in [7, 11) is 1.79. The first-order valence-electron chi connectivity index (χ1n) is 7.94. The molecule has 0 fully saturated rings. The van der Waals surface area contributed by atoms with Crippen molar-refractivity contribution in [3.63, 3.8) is 0 Å². The Balaban J connectivity index is 1.94. The number of rotatable bonds is 5. The van der Waals surface area contributed by atoms with E-state index >= 15 is 0 Å². The van der Waals surface area contributed by atoms with E-state index in [9.17, 15) is 9.59 Å². The molecular weight excluding hydrogens is 302 g/mol. The summed E-state index contributed by atoms with van der Waals surface area (Å²) in [4.78, 5) is 25.9. The third kappa shape index (κ3) is 5.12. The number of benzene rings is 2. The molecule has 3 amide bonds. The first kappa shape index (κ1) is 17.5. The molecule has 2 rings (SSSR count). The van der Waals surface area contributed by atoms with Crippen LogP contribution in [0.15, 0.2) is 54.6 Å². The van der Waals surface area contributed by atoms with E-state index in [1.807, 2.05) is 30.3 Å². The summed E-state index contributed by atoms with van der Waals surface area (Å²) < 4.78 is 0. The quantitative estimate of drug-likeness (QED) is 0.871. The molecule has 0 saturated heterocycles.